The molecule has 0 spiro atoms. The summed E-state index contributed by atoms with van der Waals surface area (Å²) >= 11 is 0. The molecule has 0 bridgehead atoms. The van der Waals surface area contributed by atoms with E-state index in [2.05, 4.69) is 0 Å². The number of benzene rings is 1. The van der Waals surface area contributed by atoms with Crippen LogP contribution in [0, 0.1) is 13.8 Å². The van der Waals surface area contributed by atoms with Gasteiger partial charge in [-0.1, -0.05) is 19.4 Å². The van der Waals surface area contributed by atoms with Gasteiger partial charge in [0.15, 0.2) is 5.67 Å². The number of methoxy groups -OCH3 is 1. The lowest BCUT2D eigenvalue weighted by Crippen LogP contribution is -2.31. The van der Waals surface area contributed by atoms with Gasteiger partial charge < -0.3 is 10.5 Å². The fourth-order valence-corrected chi connectivity index (χ4v) is 2.39. The van der Waals surface area contributed by atoms with Crippen molar-refractivity contribution in [2.24, 2.45) is 5.73 Å². The molecule has 0 saturated heterocycles. The number of rotatable bonds is 5. The van der Waals surface area contributed by atoms with Gasteiger partial charge in [-0.15, -0.1) is 0 Å². The van der Waals surface area contributed by atoms with Crippen LogP contribution in [-0.4, -0.2) is 13.7 Å². The zero-order valence-electron chi connectivity index (χ0n) is 11.1. The first-order valence-electron chi connectivity index (χ1n) is 6.03. The Bertz CT molecular complexity index is 392. The normalized spacial score (nSPS) is 14.5. The molecule has 0 fully saturated rings. The van der Waals surface area contributed by atoms with Crippen molar-refractivity contribution in [3.63, 3.8) is 0 Å². The first kappa shape index (κ1) is 14.0. The van der Waals surface area contributed by atoms with Gasteiger partial charge in [0.05, 0.1) is 7.11 Å². The van der Waals surface area contributed by atoms with Crippen LogP contribution in [-0.2, 0) is 5.67 Å². The molecule has 96 valence electrons. The summed E-state index contributed by atoms with van der Waals surface area (Å²) in [4.78, 5) is 0. The third kappa shape index (κ3) is 2.78. The number of ether oxygens (including phenoxy) is 1. The lowest BCUT2D eigenvalue weighted by atomic mass is 9.86. The summed E-state index contributed by atoms with van der Waals surface area (Å²) in [7, 11) is 1.57. The zero-order valence-corrected chi connectivity index (χ0v) is 11.1. The molecule has 0 aliphatic rings. The average Bonchev–Trinajstić information content (AvgIpc) is 2.27. The maximum atomic E-state index is 14.9. The summed E-state index contributed by atoms with van der Waals surface area (Å²) in [5, 5.41) is 0. The molecule has 17 heavy (non-hydrogen) atoms. The van der Waals surface area contributed by atoms with Crippen LogP contribution in [0.4, 0.5) is 4.39 Å². The second kappa shape index (κ2) is 5.50. The maximum absolute atomic E-state index is 14.9. The van der Waals surface area contributed by atoms with Crippen molar-refractivity contribution >= 4 is 0 Å². The molecule has 3 heteroatoms. The van der Waals surface area contributed by atoms with Crippen molar-refractivity contribution in [3.8, 4) is 5.75 Å². The summed E-state index contributed by atoms with van der Waals surface area (Å²) < 4.78 is 20.2. The lowest BCUT2D eigenvalue weighted by Gasteiger charge is -2.27. The van der Waals surface area contributed by atoms with E-state index in [4.69, 9.17) is 10.5 Å². The average molecular weight is 239 g/mol. The van der Waals surface area contributed by atoms with Gasteiger partial charge in [0, 0.05) is 12.1 Å². The van der Waals surface area contributed by atoms with Crippen molar-refractivity contribution in [1.29, 1.82) is 0 Å². The van der Waals surface area contributed by atoms with Gasteiger partial charge in [0.25, 0.3) is 0 Å². The number of nitrogens with two attached hydrogens (primary N) is 1. The van der Waals surface area contributed by atoms with E-state index in [1.807, 2.05) is 32.9 Å². The summed E-state index contributed by atoms with van der Waals surface area (Å²) in [6, 6.07) is 3.83. The van der Waals surface area contributed by atoms with E-state index in [-0.39, 0.29) is 6.54 Å². The van der Waals surface area contributed by atoms with E-state index < -0.39 is 5.67 Å². The number of aryl methyl sites for hydroxylation is 2. The standard InChI is InChI=1S/C14H22FNO/c1-5-6-14(15,9-16)13-11(3)7-10(2)8-12(13)17-4/h7-8H,5-6,9,16H2,1-4H3. The fourth-order valence-electron chi connectivity index (χ4n) is 2.39. The maximum Gasteiger partial charge on any atom is 0.151 e. The Morgan fingerprint density at radius 3 is 2.47 bits per heavy atom. The van der Waals surface area contributed by atoms with E-state index in [1.54, 1.807) is 7.11 Å². The van der Waals surface area contributed by atoms with Gasteiger partial charge in [-0.3, -0.25) is 0 Å². The molecular formula is C14H22FNO. The molecule has 0 aromatic heterocycles. The summed E-state index contributed by atoms with van der Waals surface area (Å²) in [5.41, 5.74) is 6.72. The van der Waals surface area contributed by atoms with Crippen molar-refractivity contribution in [3.05, 3.63) is 28.8 Å². The first-order valence-corrected chi connectivity index (χ1v) is 6.03. The fraction of sp³-hybridized carbons (Fsp3) is 0.571. The largest absolute Gasteiger partial charge is 0.496 e. The highest BCUT2D eigenvalue weighted by molar-refractivity contribution is 5.47. The SMILES string of the molecule is CCCC(F)(CN)c1c(C)cc(C)cc1OC. The van der Waals surface area contributed by atoms with Crippen LogP contribution < -0.4 is 10.5 Å². The number of halogens is 1. The van der Waals surface area contributed by atoms with Crippen LogP contribution in [0.2, 0.25) is 0 Å². The number of hydrogen-bond acceptors (Lipinski definition) is 2. The Kier molecular flexibility index (Phi) is 4.52. The van der Waals surface area contributed by atoms with Crippen LogP contribution in [0.5, 0.6) is 5.75 Å². The van der Waals surface area contributed by atoms with E-state index in [1.165, 1.54) is 0 Å². The second-order valence-corrected chi connectivity index (χ2v) is 4.58. The Hall–Kier alpha value is -1.09. The van der Waals surface area contributed by atoms with Gasteiger partial charge in [-0.05, 0) is 37.5 Å². The van der Waals surface area contributed by atoms with Gasteiger partial charge >= 0.3 is 0 Å². The minimum atomic E-state index is -1.49. The zero-order chi connectivity index (χ0) is 13.1. The van der Waals surface area contributed by atoms with Crippen molar-refractivity contribution in [1.82, 2.24) is 0 Å². The van der Waals surface area contributed by atoms with E-state index in [0.29, 0.717) is 17.7 Å². The summed E-state index contributed by atoms with van der Waals surface area (Å²) in [5.74, 6) is 0.601. The monoisotopic (exact) mass is 239 g/mol. The van der Waals surface area contributed by atoms with E-state index in [0.717, 1.165) is 17.5 Å². The van der Waals surface area contributed by atoms with Gasteiger partial charge in [-0.25, -0.2) is 4.39 Å². The Morgan fingerprint density at radius 2 is 2.00 bits per heavy atom. The lowest BCUT2D eigenvalue weighted by molar-refractivity contribution is 0.153. The van der Waals surface area contributed by atoms with Gasteiger partial charge in [-0.2, -0.15) is 0 Å². The molecule has 1 rings (SSSR count). The van der Waals surface area contributed by atoms with Crippen LogP contribution >= 0.6 is 0 Å². The topological polar surface area (TPSA) is 35.2 Å². The minimum absolute atomic E-state index is 0.0128. The third-order valence-electron chi connectivity index (χ3n) is 3.08. The highest BCUT2D eigenvalue weighted by Gasteiger charge is 2.34. The van der Waals surface area contributed by atoms with Crippen LogP contribution in [0.15, 0.2) is 12.1 Å². The Balaban J connectivity index is 3.36. The van der Waals surface area contributed by atoms with Crippen molar-refractivity contribution in [2.75, 3.05) is 13.7 Å². The predicted octanol–water partition coefficient (Wildman–Crippen LogP) is 3.24. The van der Waals surface area contributed by atoms with Gasteiger partial charge in [0.2, 0.25) is 0 Å². The number of hydrogen-bond donors (Lipinski definition) is 1. The van der Waals surface area contributed by atoms with Crippen molar-refractivity contribution in [2.45, 2.75) is 39.3 Å². The molecule has 1 unspecified atom stereocenters. The molecule has 0 saturated carbocycles. The molecule has 0 amide bonds. The smallest absolute Gasteiger partial charge is 0.151 e. The predicted molar refractivity (Wildman–Crippen MR) is 69.2 cm³/mol. The minimum Gasteiger partial charge on any atom is -0.496 e. The summed E-state index contributed by atoms with van der Waals surface area (Å²) in [6.45, 7) is 5.83. The quantitative estimate of drug-likeness (QED) is 0.856. The Morgan fingerprint density at radius 1 is 1.35 bits per heavy atom. The molecule has 0 radical (unpaired) electrons. The van der Waals surface area contributed by atoms with Crippen LogP contribution in [0.3, 0.4) is 0 Å². The summed E-state index contributed by atoms with van der Waals surface area (Å²) in [6.07, 6.45) is 1.17. The van der Waals surface area contributed by atoms with Crippen LogP contribution in [0.1, 0.15) is 36.5 Å². The van der Waals surface area contributed by atoms with Gasteiger partial charge in [0.1, 0.15) is 5.75 Å². The molecule has 1 atom stereocenters. The van der Waals surface area contributed by atoms with E-state index >= 15 is 0 Å². The van der Waals surface area contributed by atoms with E-state index in [9.17, 15) is 4.39 Å². The molecule has 0 heterocycles. The molecular weight excluding hydrogens is 217 g/mol. The third-order valence-corrected chi connectivity index (χ3v) is 3.08. The molecule has 0 aliphatic carbocycles. The molecule has 2 N–H and O–H groups in total. The van der Waals surface area contributed by atoms with Crippen molar-refractivity contribution < 1.29 is 9.13 Å². The number of alkyl halides is 1. The molecule has 1 aromatic rings. The molecule has 0 aliphatic heterocycles. The Labute approximate surface area is 103 Å². The molecule has 2 nitrogen and oxygen atoms in total. The highest BCUT2D eigenvalue weighted by atomic mass is 19.1. The molecule has 1 aromatic carbocycles. The second-order valence-electron chi connectivity index (χ2n) is 4.58. The van der Waals surface area contributed by atoms with Crippen LogP contribution in [0.25, 0.3) is 0 Å². The first-order chi connectivity index (χ1) is 7.98. The highest BCUT2D eigenvalue weighted by Crippen LogP contribution is 2.39.